The number of ether oxygens (including phenoxy) is 2. The molecule has 0 amide bonds. The smallest absolute Gasteiger partial charge is 0.343 e. The zero-order chi connectivity index (χ0) is 20.1. The molecule has 3 nitrogen and oxygen atoms in total. The lowest BCUT2D eigenvalue weighted by atomic mass is 10.1. The van der Waals surface area contributed by atoms with Gasteiger partial charge in [0.2, 0.25) is 0 Å². The van der Waals surface area contributed by atoms with Crippen molar-refractivity contribution in [2.45, 2.75) is 6.42 Å². The third kappa shape index (κ3) is 4.66. The van der Waals surface area contributed by atoms with Crippen LogP contribution in [-0.4, -0.2) is 12.6 Å². The van der Waals surface area contributed by atoms with Crippen LogP contribution in [0.2, 0.25) is 0 Å². The third-order valence-corrected chi connectivity index (χ3v) is 5.30. The van der Waals surface area contributed by atoms with Gasteiger partial charge in [0, 0.05) is 16.3 Å². The van der Waals surface area contributed by atoms with Gasteiger partial charge in [-0.15, -0.1) is 0 Å². The van der Waals surface area contributed by atoms with Crippen molar-refractivity contribution in [3.63, 3.8) is 0 Å². The van der Waals surface area contributed by atoms with Crippen molar-refractivity contribution in [2.24, 2.45) is 0 Å². The average molecular weight is 447 g/mol. The number of halogens is 1. The summed E-state index contributed by atoms with van der Waals surface area (Å²) < 4.78 is 12.5. The van der Waals surface area contributed by atoms with E-state index in [9.17, 15) is 4.79 Å². The molecule has 0 atom stereocenters. The van der Waals surface area contributed by atoms with Crippen LogP contribution in [0.1, 0.15) is 15.9 Å². The fourth-order valence-corrected chi connectivity index (χ4v) is 3.60. The van der Waals surface area contributed by atoms with Crippen LogP contribution in [0.25, 0.3) is 10.8 Å². The minimum Gasteiger partial charge on any atom is -0.493 e. The number of hydrogen-bond acceptors (Lipinski definition) is 3. The zero-order valence-corrected chi connectivity index (χ0v) is 17.3. The summed E-state index contributed by atoms with van der Waals surface area (Å²) in [7, 11) is 0. The molecule has 0 aliphatic carbocycles. The van der Waals surface area contributed by atoms with Gasteiger partial charge in [-0.3, -0.25) is 0 Å². The molecule has 0 spiro atoms. The molecule has 0 aliphatic rings. The molecule has 0 aromatic heterocycles. The minimum absolute atomic E-state index is 0.411. The molecule has 4 aromatic rings. The molecule has 4 heteroatoms. The zero-order valence-electron chi connectivity index (χ0n) is 15.7. The third-order valence-electron chi connectivity index (χ3n) is 4.61. The van der Waals surface area contributed by atoms with E-state index in [1.807, 2.05) is 54.6 Å². The maximum Gasteiger partial charge on any atom is 0.343 e. The van der Waals surface area contributed by atoms with Gasteiger partial charge in [-0.2, -0.15) is 0 Å². The highest BCUT2D eigenvalue weighted by Crippen LogP contribution is 2.32. The highest BCUT2D eigenvalue weighted by Gasteiger charge is 2.13. The summed E-state index contributed by atoms with van der Waals surface area (Å²) in [5, 5.41) is 1.88. The van der Waals surface area contributed by atoms with Gasteiger partial charge in [0.15, 0.2) is 0 Å². The Kier molecular flexibility index (Phi) is 5.92. The van der Waals surface area contributed by atoms with E-state index in [1.165, 1.54) is 5.56 Å². The average Bonchev–Trinajstić information content (AvgIpc) is 2.77. The fourth-order valence-electron chi connectivity index (χ4n) is 3.13. The molecule has 0 aliphatic heterocycles. The van der Waals surface area contributed by atoms with E-state index in [1.54, 1.807) is 24.3 Å². The van der Waals surface area contributed by atoms with Gasteiger partial charge >= 0.3 is 5.97 Å². The van der Waals surface area contributed by atoms with E-state index in [0.717, 1.165) is 21.7 Å². The number of esters is 1. The Hall–Kier alpha value is -3.11. The predicted octanol–water partition coefficient (Wildman–Crippen LogP) is 6.44. The fraction of sp³-hybridized carbons (Fsp3) is 0.0800. The normalized spacial score (nSPS) is 10.7. The van der Waals surface area contributed by atoms with E-state index in [4.69, 9.17) is 9.47 Å². The van der Waals surface area contributed by atoms with Crippen molar-refractivity contribution < 1.29 is 14.3 Å². The molecular formula is C25H19BrO3. The number of rotatable bonds is 6. The molecule has 0 bridgehead atoms. The Morgan fingerprint density at radius 2 is 1.55 bits per heavy atom. The van der Waals surface area contributed by atoms with Crippen molar-refractivity contribution in [3.8, 4) is 11.5 Å². The highest BCUT2D eigenvalue weighted by atomic mass is 79.9. The number of carbonyl (C=O) groups excluding carboxylic acids is 1. The SMILES string of the molecule is O=C(Oc1ccc(Br)c2ccccc12)c1cccc(OCCc2ccccc2)c1. The van der Waals surface area contributed by atoms with Gasteiger partial charge in [0.1, 0.15) is 11.5 Å². The minimum atomic E-state index is -0.411. The van der Waals surface area contributed by atoms with Crippen LogP contribution in [0.5, 0.6) is 11.5 Å². The van der Waals surface area contributed by atoms with Crippen molar-refractivity contribution in [3.05, 3.63) is 107 Å². The Balaban J connectivity index is 1.46. The van der Waals surface area contributed by atoms with Crippen molar-refractivity contribution in [1.82, 2.24) is 0 Å². The van der Waals surface area contributed by atoms with Crippen LogP contribution in [0, 0.1) is 0 Å². The summed E-state index contributed by atoms with van der Waals surface area (Å²) >= 11 is 3.54. The summed E-state index contributed by atoms with van der Waals surface area (Å²) in [4.78, 5) is 12.7. The number of hydrogen-bond donors (Lipinski definition) is 0. The van der Waals surface area contributed by atoms with E-state index in [2.05, 4.69) is 28.1 Å². The molecule has 144 valence electrons. The molecule has 0 unspecified atom stereocenters. The summed E-state index contributed by atoms with van der Waals surface area (Å²) in [6, 6.07) is 28.7. The Morgan fingerprint density at radius 3 is 2.38 bits per heavy atom. The second-order valence-corrected chi connectivity index (χ2v) is 7.45. The van der Waals surface area contributed by atoms with E-state index in [-0.39, 0.29) is 0 Å². The second-order valence-electron chi connectivity index (χ2n) is 6.59. The summed E-state index contributed by atoms with van der Waals surface area (Å²) in [6.07, 6.45) is 0.806. The molecule has 0 radical (unpaired) electrons. The van der Waals surface area contributed by atoms with E-state index >= 15 is 0 Å². The maximum absolute atomic E-state index is 12.7. The lowest BCUT2D eigenvalue weighted by molar-refractivity contribution is 0.0736. The van der Waals surface area contributed by atoms with Crippen molar-refractivity contribution in [1.29, 1.82) is 0 Å². The molecule has 0 heterocycles. The summed E-state index contributed by atoms with van der Waals surface area (Å²) in [5.41, 5.74) is 1.67. The molecule has 0 saturated carbocycles. The Morgan fingerprint density at radius 1 is 0.793 bits per heavy atom. The number of fused-ring (bicyclic) bond motifs is 1. The highest BCUT2D eigenvalue weighted by molar-refractivity contribution is 9.10. The van der Waals surface area contributed by atoms with Crippen LogP contribution < -0.4 is 9.47 Å². The van der Waals surface area contributed by atoms with Gasteiger partial charge in [0.25, 0.3) is 0 Å². The Bertz CT molecular complexity index is 1140. The predicted molar refractivity (Wildman–Crippen MR) is 119 cm³/mol. The molecule has 0 fully saturated rings. The summed E-state index contributed by atoms with van der Waals surface area (Å²) in [5.74, 6) is 0.770. The second kappa shape index (κ2) is 8.93. The molecule has 4 rings (SSSR count). The van der Waals surface area contributed by atoms with Gasteiger partial charge in [-0.25, -0.2) is 4.79 Å². The quantitative estimate of drug-likeness (QED) is 0.252. The van der Waals surface area contributed by atoms with Crippen molar-refractivity contribution >= 4 is 32.7 Å². The largest absolute Gasteiger partial charge is 0.493 e. The molecule has 29 heavy (non-hydrogen) atoms. The molecular weight excluding hydrogens is 428 g/mol. The van der Waals surface area contributed by atoms with Gasteiger partial charge in [-0.05, 0) is 41.3 Å². The Labute approximate surface area is 178 Å². The monoisotopic (exact) mass is 446 g/mol. The van der Waals surface area contributed by atoms with Gasteiger partial charge in [0.05, 0.1) is 12.2 Å². The van der Waals surface area contributed by atoms with Crippen LogP contribution >= 0.6 is 15.9 Å². The number of benzene rings is 4. The van der Waals surface area contributed by atoms with Crippen LogP contribution in [0.4, 0.5) is 0 Å². The first-order valence-corrected chi connectivity index (χ1v) is 10.2. The molecule has 4 aromatic carbocycles. The first-order valence-electron chi connectivity index (χ1n) is 9.37. The van der Waals surface area contributed by atoms with Crippen LogP contribution in [0.15, 0.2) is 95.5 Å². The van der Waals surface area contributed by atoms with Gasteiger partial charge in [-0.1, -0.05) is 76.6 Å². The lowest BCUT2D eigenvalue weighted by Crippen LogP contribution is -2.09. The van der Waals surface area contributed by atoms with Crippen molar-refractivity contribution in [2.75, 3.05) is 6.61 Å². The first kappa shape index (κ1) is 19.2. The maximum atomic E-state index is 12.7. The molecule has 0 N–H and O–H groups in total. The van der Waals surface area contributed by atoms with Crippen LogP contribution in [-0.2, 0) is 6.42 Å². The first-order chi connectivity index (χ1) is 14.2. The number of carbonyl (C=O) groups is 1. The molecule has 0 saturated heterocycles. The summed E-state index contributed by atoms with van der Waals surface area (Å²) in [6.45, 7) is 0.542. The lowest BCUT2D eigenvalue weighted by Gasteiger charge is -2.10. The van der Waals surface area contributed by atoms with E-state index in [0.29, 0.717) is 23.7 Å². The standard InChI is InChI=1S/C25H19BrO3/c26-23-13-14-24(22-12-5-4-11-21(22)23)29-25(27)19-9-6-10-20(17-19)28-16-15-18-7-2-1-3-8-18/h1-14,17H,15-16H2. The van der Waals surface area contributed by atoms with Crippen LogP contribution in [0.3, 0.4) is 0 Å². The topological polar surface area (TPSA) is 35.5 Å². The van der Waals surface area contributed by atoms with Gasteiger partial charge < -0.3 is 9.47 Å². The van der Waals surface area contributed by atoms with E-state index < -0.39 is 5.97 Å².